The lowest BCUT2D eigenvalue weighted by molar-refractivity contribution is 1.18. The van der Waals surface area contributed by atoms with Crippen LogP contribution in [-0.2, 0) is 0 Å². The van der Waals surface area contributed by atoms with Crippen molar-refractivity contribution in [3.63, 3.8) is 0 Å². The van der Waals surface area contributed by atoms with E-state index in [1.54, 1.807) is 0 Å². The van der Waals surface area contributed by atoms with Crippen LogP contribution in [0.15, 0.2) is 23.3 Å². The molecule has 0 bridgehead atoms. The zero-order chi connectivity index (χ0) is 5.98. The fourth-order valence-electron chi connectivity index (χ4n) is 0.536. The summed E-state index contributed by atoms with van der Waals surface area (Å²) in [7, 11) is 0. The van der Waals surface area contributed by atoms with E-state index >= 15 is 0 Å². The maximum Gasteiger partial charge on any atom is 0.0907 e. The summed E-state index contributed by atoms with van der Waals surface area (Å²) in [4.78, 5) is 0. The average molecular weight is 148 g/mol. The average Bonchev–Trinajstić information content (AvgIpc) is 1.64. The lowest BCUT2D eigenvalue weighted by atomic mass is 10.2. The molecule has 0 amide bonds. The van der Waals surface area contributed by atoms with E-state index in [4.69, 9.17) is 23.2 Å². The third kappa shape index (κ3) is 1.53. The monoisotopic (exact) mass is 147 g/mol. The van der Waals surface area contributed by atoms with Gasteiger partial charge in [-0.2, -0.15) is 0 Å². The van der Waals surface area contributed by atoms with Gasteiger partial charge in [-0.25, -0.2) is 0 Å². The first-order valence-corrected chi connectivity index (χ1v) is 3.09. The Hall–Kier alpha value is 0.0600. The molecule has 0 fully saturated rings. The van der Waals surface area contributed by atoms with Crippen molar-refractivity contribution in [2.45, 2.75) is 6.42 Å². The van der Waals surface area contributed by atoms with Crippen LogP contribution in [0, 0.1) is 5.38 Å². The summed E-state index contributed by atoms with van der Waals surface area (Å²) in [6, 6.07) is 0. The lowest BCUT2D eigenvalue weighted by Crippen LogP contribution is -1.86. The van der Waals surface area contributed by atoms with Crippen LogP contribution in [0.5, 0.6) is 0 Å². The number of halogens is 2. The van der Waals surface area contributed by atoms with E-state index in [0.29, 0.717) is 6.42 Å². The maximum atomic E-state index is 5.62. The van der Waals surface area contributed by atoms with Gasteiger partial charge in [0, 0.05) is 11.5 Å². The molecule has 0 aromatic rings. The van der Waals surface area contributed by atoms with Gasteiger partial charge in [0.1, 0.15) is 0 Å². The molecule has 0 spiro atoms. The molecule has 0 unspecified atom stereocenters. The highest BCUT2D eigenvalue weighted by Crippen LogP contribution is 2.25. The predicted molar refractivity (Wildman–Crippen MR) is 36.8 cm³/mol. The number of rotatable bonds is 0. The van der Waals surface area contributed by atoms with Crippen molar-refractivity contribution < 1.29 is 0 Å². The highest BCUT2D eigenvalue weighted by Gasteiger charge is 2.05. The normalized spacial score (nSPS) is 21.0. The molecule has 0 saturated heterocycles. The van der Waals surface area contributed by atoms with Crippen molar-refractivity contribution in [2.75, 3.05) is 0 Å². The smallest absolute Gasteiger partial charge is 0.0907 e. The molecule has 8 heavy (non-hydrogen) atoms. The molecule has 0 aromatic heterocycles. The van der Waals surface area contributed by atoms with Crippen LogP contribution in [0.25, 0.3) is 0 Å². The molecule has 0 atom stereocenters. The minimum absolute atomic E-state index is 0.694. The van der Waals surface area contributed by atoms with Gasteiger partial charge in [0.15, 0.2) is 0 Å². The Morgan fingerprint density at radius 1 is 1.38 bits per heavy atom. The number of hydrogen-bond acceptors (Lipinski definition) is 0. The molecule has 1 aliphatic rings. The minimum atomic E-state index is 0.694. The van der Waals surface area contributed by atoms with E-state index in [-0.39, 0.29) is 0 Å². The van der Waals surface area contributed by atoms with Crippen LogP contribution in [0.4, 0.5) is 0 Å². The summed E-state index contributed by atoms with van der Waals surface area (Å²) >= 11 is 11.2. The number of hydrogen-bond donors (Lipinski definition) is 0. The molecular weight excluding hydrogens is 143 g/mol. The SMILES string of the molecule is Cl[C]1C=CC=C(Cl)C1. The quantitative estimate of drug-likeness (QED) is 0.495. The van der Waals surface area contributed by atoms with E-state index in [0.717, 1.165) is 10.4 Å². The van der Waals surface area contributed by atoms with Gasteiger partial charge in [0.2, 0.25) is 0 Å². The van der Waals surface area contributed by atoms with Crippen molar-refractivity contribution in [1.29, 1.82) is 0 Å². The van der Waals surface area contributed by atoms with E-state index in [1.807, 2.05) is 18.2 Å². The Bertz CT molecular complexity index is 135. The second-order valence-corrected chi connectivity index (χ2v) is 2.57. The van der Waals surface area contributed by atoms with Crippen molar-refractivity contribution in [3.8, 4) is 0 Å². The van der Waals surface area contributed by atoms with Crippen molar-refractivity contribution in [2.24, 2.45) is 0 Å². The lowest BCUT2D eigenvalue weighted by Gasteiger charge is -2.03. The van der Waals surface area contributed by atoms with Crippen molar-refractivity contribution in [3.05, 3.63) is 28.6 Å². The summed E-state index contributed by atoms with van der Waals surface area (Å²) in [5, 5.41) is 1.61. The molecule has 0 saturated carbocycles. The molecule has 0 nitrogen and oxygen atoms in total. The van der Waals surface area contributed by atoms with E-state index in [2.05, 4.69) is 0 Å². The molecule has 0 aliphatic heterocycles. The van der Waals surface area contributed by atoms with Crippen LogP contribution >= 0.6 is 23.2 Å². The summed E-state index contributed by atoms with van der Waals surface area (Å²) in [5.74, 6) is 0. The minimum Gasteiger partial charge on any atom is -0.112 e. The topological polar surface area (TPSA) is 0 Å². The molecule has 1 radical (unpaired) electrons. The fraction of sp³-hybridized carbons (Fsp3) is 0.167. The largest absolute Gasteiger partial charge is 0.112 e. The second kappa shape index (κ2) is 2.56. The van der Waals surface area contributed by atoms with Crippen LogP contribution in [-0.4, -0.2) is 0 Å². The van der Waals surface area contributed by atoms with E-state index in [9.17, 15) is 0 Å². The molecule has 2 heteroatoms. The molecular formula is C6H5Cl2. The van der Waals surface area contributed by atoms with Gasteiger partial charge in [-0.05, 0) is 6.08 Å². The summed E-state index contributed by atoms with van der Waals surface area (Å²) in [6.07, 6.45) is 6.22. The van der Waals surface area contributed by atoms with E-state index in [1.165, 1.54) is 0 Å². The van der Waals surface area contributed by atoms with Gasteiger partial charge in [-0.15, -0.1) is 11.6 Å². The van der Waals surface area contributed by atoms with Crippen molar-refractivity contribution in [1.82, 2.24) is 0 Å². The highest BCUT2D eigenvalue weighted by atomic mass is 35.5. The van der Waals surface area contributed by atoms with Crippen LogP contribution < -0.4 is 0 Å². The van der Waals surface area contributed by atoms with Crippen LogP contribution in [0.2, 0.25) is 0 Å². The third-order valence-electron chi connectivity index (χ3n) is 0.892. The summed E-state index contributed by atoms with van der Waals surface area (Å²) in [6.45, 7) is 0. The Kier molecular flexibility index (Phi) is 1.98. The summed E-state index contributed by atoms with van der Waals surface area (Å²) < 4.78 is 0. The molecule has 0 aromatic carbocycles. The Balaban J connectivity index is 2.59. The van der Waals surface area contributed by atoms with Gasteiger partial charge in [0.05, 0.1) is 5.38 Å². The van der Waals surface area contributed by atoms with Crippen LogP contribution in [0.3, 0.4) is 0 Å². The molecule has 0 N–H and O–H groups in total. The Morgan fingerprint density at radius 2 is 2.12 bits per heavy atom. The van der Waals surface area contributed by atoms with E-state index < -0.39 is 0 Å². The maximum absolute atomic E-state index is 5.62. The number of allylic oxidation sites excluding steroid dienone is 4. The zero-order valence-corrected chi connectivity index (χ0v) is 5.71. The molecule has 43 valence electrons. The second-order valence-electron chi connectivity index (χ2n) is 1.60. The highest BCUT2D eigenvalue weighted by molar-refractivity contribution is 6.33. The first kappa shape index (κ1) is 6.18. The van der Waals surface area contributed by atoms with Crippen LogP contribution in [0.1, 0.15) is 6.42 Å². The summed E-state index contributed by atoms with van der Waals surface area (Å²) in [5.41, 5.74) is 0. The zero-order valence-electron chi connectivity index (χ0n) is 4.20. The third-order valence-corrected chi connectivity index (χ3v) is 1.41. The fourth-order valence-corrected chi connectivity index (χ4v) is 1.04. The molecule has 1 rings (SSSR count). The standard InChI is InChI=1S/C6H5Cl2/c7-5-2-1-3-6(8)4-5/h1-3H,4H2. The first-order valence-electron chi connectivity index (χ1n) is 2.33. The van der Waals surface area contributed by atoms with Gasteiger partial charge >= 0.3 is 0 Å². The predicted octanol–water partition coefficient (Wildman–Crippen LogP) is 2.84. The van der Waals surface area contributed by atoms with Gasteiger partial charge in [-0.3, -0.25) is 0 Å². The first-order chi connectivity index (χ1) is 3.79. The van der Waals surface area contributed by atoms with Crippen molar-refractivity contribution >= 4 is 23.2 Å². The molecule has 0 heterocycles. The van der Waals surface area contributed by atoms with Gasteiger partial charge in [-0.1, -0.05) is 23.8 Å². The molecule has 1 aliphatic carbocycles. The van der Waals surface area contributed by atoms with Gasteiger partial charge < -0.3 is 0 Å². The van der Waals surface area contributed by atoms with Gasteiger partial charge in [0.25, 0.3) is 0 Å². The Labute approximate surface area is 58.8 Å². The Morgan fingerprint density at radius 3 is 2.50 bits per heavy atom.